The molecule has 0 atom stereocenters. The minimum absolute atomic E-state index is 0.0874. The number of amides is 1. The van der Waals surface area contributed by atoms with Crippen molar-refractivity contribution in [2.75, 3.05) is 5.32 Å². The molecule has 1 N–H and O–H groups in total. The second-order valence-corrected chi connectivity index (χ2v) is 4.87. The summed E-state index contributed by atoms with van der Waals surface area (Å²) in [6, 6.07) is 14.8. The molecule has 3 rings (SSSR count). The molecule has 0 saturated heterocycles. The average Bonchev–Trinajstić information content (AvgIpc) is 2.89. The van der Waals surface area contributed by atoms with E-state index in [1.807, 2.05) is 36.4 Å². The number of anilines is 1. The van der Waals surface area contributed by atoms with Crippen molar-refractivity contribution in [1.82, 2.24) is 7.96 Å². The van der Waals surface area contributed by atoms with Crippen LogP contribution >= 0.6 is 0 Å². The van der Waals surface area contributed by atoms with Crippen LogP contribution in [0.3, 0.4) is 0 Å². The molecule has 0 aliphatic carbocycles. The van der Waals surface area contributed by atoms with E-state index in [4.69, 9.17) is 0 Å². The van der Waals surface area contributed by atoms with Crippen LogP contribution in [0.25, 0.3) is 11.0 Å². The molecule has 0 spiro atoms. The Balaban J connectivity index is 1.93. The minimum atomic E-state index is -0.126. The molecule has 2 aromatic carbocycles. The fourth-order valence-corrected chi connectivity index (χ4v) is 2.84. The van der Waals surface area contributed by atoms with Crippen LogP contribution in [0, 0.1) is 0 Å². The number of nitrogens with one attached hydrogen (secondary N) is 1. The van der Waals surface area contributed by atoms with E-state index in [1.165, 1.54) is 0 Å². The van der Waals surface area contributed by atoms with Gasteiger partial charge in [-0.1, -0.05) is 0 Å². The maximum absolute atomic E-state index is 12.0. The zero-order chi connectivity index (χ0) is 12.4. The second-order valence-electron chi connectivity index (χ2n) is 3.76. The third kappa shape index (κ3) is 2.06. The number of nitrogens with zero attached hydrogens (tertiary/aromatic N) is 2. The SMILES string of the molecule is O=C(Nc1cccc2n[se]nc12)c1ccccc1. The normalized spacial score (nSPS) is 10.4. The predicted octanol–water partition coefficient (Wildman–Crippen LogP) is 1.94. The van der Waals surface area contributed by atoms with E-state index < -0.39 is 0 Å². The van der Waals surface area contributed by atoms with Crippen molar-refractivity contribution in [2.45, 2.75) is 0 Å². The molecule has 0 unspecified atom stereocenters. The number of carbonyl (C=O) groups excluding carboxylic acids is 1. The van der Waals surface area contributed by atoms with Crippen molar-refractivity contribution >= 4 is 37.6 Å². The number of fused-ring (bicyclic) bond motifs is 1. The molecule has 0 saturated carbocycles. The summed E-state index contributed by atoms with van der Waals surface area (Å²) < 4.78 is 8.61. The number of rotatable bonds is 2. The Kier molecular flexibility index (Phi) is 2.92. The van der Waals surface area contributed by atoms with Gasteiger partial charge < -0.3 is 0 Å². The van der Waals surface area contributed by atoms with Gasteiger partial charge in [-0.2, -0.15) is 0 Å². The van der Waals surface area contributed by atoms with Crippen molar-refractivity contribution in [3.63, 3.8) is 0 Å². The molecule has 0 fully saturated rings. The van der Waals surface area contributed by atoms with Gasteiger partial charge in [0.1, 0.15) is 0 Å². The van der Waals surface area contributed by atoms with Gasteiger partial charge in [-0.15, -0.1) is 0 Å². The van der Waals surface area contributed by atoms with E-state index in [-0.39, 0.29) is 20.9 Å². The zero-order valence-corrected chi connectivity index (χ0v) is 11.0. The van der Waals surface area contributed by atoms with Gasteiger partial charge in [-0.25, -0.2) is 0 Å². The number of hydrogen-bond acceptors (Lipinski definition) is 3. The number of benzene rings is 2. The first-order valence-corrected chi connectivity index (χ1v) is 6.95. The summed E-state index contributed by atoms with van der Waals surface area (Å²) in [4.78, 5) is 12.0. The molecule has 0 aliphatic heterocycles. The molecule has 5 heteroatoms. The molecule has 4 nitrogen and oxygen atoms in total. The van der Waals surface area contributed by atoms with E-state index in [9.17, 15) is 4.79 Å². The van der Waals surface area contributed by atoms with Crippen molar-refractivity contribution in [2.24, 2.45) is 0 Å². The fourth-order valence-electron chi connectivity index (χ4n) is 1.69. The zero-order valence-electron chi connectivity index (χ0n) is 9.33. The van der Waals surface area contributed by atoms with Gasteiger partial charge in [0.05, 0.1) is 0 Å². The quantitative estimate of drug-likeness (QED) is 0.736. The molecule has 88 valence electrons. The number of carbonyl (C=O) groups is 1. The van der Waals surface area contributed by atoms with Crippen molar-refractivity contribution in [3.05, 3.63) is 54.1 Å². The summed E-state index contributed by atoms with van der Waals surface area (Å²) in [6.07, 6.45) is 0. The van der Waals surface area contributed by atoms with Gasteiger partial charge in [0.2, 0.25) is 0 Å². The van der Waals surface area contributed by atoms with Gasteiger partial charge in [0.15, 0.2) is 0 Å². The van der Waals surface area contributed by atoms with E-state index in [2.05, 4.69) is 13.3 Å². The molecular weight excluding hydrogens is 293 g/mol. The number of aromatic nitrogens is 2. The van der Waals surface area contributed by atoms with Crippen LogP contribution in [0.15, 0.2) is 48.5 Å². The molecule has 1 aromatic heterocycles. The third-order valence-electron chi connectivity index (χ3n) is 2.57. The van der Waals surface area contributed by atoms with Crippen molar-refractivity contribution < 1.29 is 4.79 Å². The van der Waals surface area contributed by atoms with Crippen LogP contribution < -0.4 is 5.32 Å². The molecular formula is C13H9N3OSe. The summed E-state index contributed by atoms with van der Waals surface area (Å²) in [6.45, 7) is 0. The summed E-state index contributed by atoms with van der Waals surface area (Å²) in [5.74, 6) is -0.126. The number of hydrogen-bond donors (Lipinski definition) is 1. The summed E-state index contributed by atoms with van der Waals surface area (Å²) >= 11 is -0.0874. The molecule has 1 amide bonds. The van der Waals surface area contributed by atoms with Gasteiger partial charge >= 0.3 is 110 Å². The molecule has 18 heavy (non-hydrogen) atoms. The van der Waals surface area contributed by atoms with Crippen LogP contribution in [0.2, 0.25) is 0 Å². The first kappa shape index (κ1) is 11.1. The van der Waals surface area contributed by atoms with Crippen LogP contribution in [0.1, 0.15) is 10.4 Å². The second kappa shape index (κ2) is 4.72. The Labute approximate surface area is 110 Å². The van der Waals surface area contributed by atoms with E-state index in [0.717, 1.165) is 16.7 Å². The predicted molar refractivity (Wildman–Crippen MR) is 70.9 cm³/mol. The fraction of sp³-hybridized carbons (Fsp3) is 0. The Morgan fingerprint density at radius 2 is 1.83 bits per heavy atom. The van der Waals surface area contributed by atoms with E-state index in [1.54, 1.807) is 12.1 Å². The van der Waals surface area contributed by atoms with Crippen molar-refractivity contribution in [3.8, 4) is 0 Å². The standard InChI is InChI=1S/C13H9N3OSe/c17-13(9-5-2-1-3-6-9)14-10-7-4-8-11-12(10)16-18-15-11/h1-8H,(H,14,17). The van der Waals surface area contributed by atoms with Crippen LogP contribution in [-0.4, -0.2) is 28.8 Å². The average molecular weight is 302 g/mol. The monoisotopic (exact) mass is 303 g/mol. The first-order valence-electron chi connectivity index (χ1n) is 5.42. The molecule has 0 bridgehead atoms. The Bertz CT molecular complexity index is 694. The molecule has 0 radical (unpaired) electrons. The van der Waals surface area contributed by atoms with Crippen LogP contribution in [-0.2, 0) is 0 Å². The van der Waals surface area contributed by atoms with Gasteiger partial charge in [0, 0.05) is 0 Å². The Morgan fingerprint density at radius 3 is 2.67 bits per heavy atom. The summed E-state index contributed by atoms with van der Waals surface area (Å²) in [5.41, 5.74) is 3.02. The molecule has 0 aliphatic rings. The van der Waals surface area contributed by atoms with Gasteiger partial charge in [0.25, 0.3) is 0 Å². The Morgan fingerprint density at radius 1 is 1.00 bits per heavy atom. The van der Waals surface area contributed by atoms with Gasteiger partial charge in [-0.05, 0) is 0 Å². The third-order valence-corrected chi connectivity index (χ3v) is 3.71. The van der Waals surface area contributed by atoms with Crippen molar-refractivity contribution in [1.29, 1.82) is 0 Å². The van der Waals surface area contributed by atoms with Gasteiger partial charge in [-0.3, -0.25) is 0 Å². The molecule has 3 aromatic rings. The van der Waals surface area contributed by atoms with Crippen LogP contribution in [0.4, 0.5) is 5.69 Å². The van der Waals surface area contributed by atoms with E-state index in [0.29, 0.717) is 5.56 Å². The van der Waals surface area contributed by atoms with E-state index >= 15 is 0 Å². The Hall–Kier alpha value is -1.97. The molecule has 1 heterocycles. The maximum atomic E-state index is 12.0. The topological polar surface area (TPSA) is 54.9 Å². The van der Waals surface area contributed by atoms with Crippen LogP contribution in [0.5, 0.6) is 0 Å². The first-order chi connectivity index (χ1) is 8.84. The summed E-state index contributed by atoms with van der Waals surface area (Å²) in [7, 11) is 0. The summed E-state index contributed by atoms with van der Waals surface area (Å²) in [5, 5.41) is 2.88.